The van der Waals surface area contributed by atoms with Crippen molar-refractivity contribution in [3.8, 4) is 0 Å². The Bertz CT molecular complexity index is 1100. The highest BCUT2D eigenvalue weighted by Gasteiger charge is 2.35. The second-order valence-corrected chi connectivity index (χ2v) is 10.5. The molecule has 1 fully saturated rings. The lowest BCUT2D eigenvalue weighted by atomic mass is 9.79. The quantitative estimate of drug-likeness (QED) is 0.540. The molecule has 0 bridgehead atoms. The van der Waals surface area contributed by atoms with Crippen LogP contribution in [0.5, 0.6) is 0 Å². The monoisotopic (exact) mass is 447 g/mol. The Morgan fingerprint density at radius 1 is 1.22 bits per heavy atom. The van der Waals surface area contributed by atoms with E-state index in [-0.39, 0.29) is 11.4 Å². The number of rotatable bonds is 4. The summed E-state index contributed by atoms with van der Waals surface area (Å²) >= 11 is 1.41. The smallest absolute Gasteiger partial charge is 0.264 e. The van der Waals surface area contributed by atoms with Gasteiger partial charge in [-0.2, -0.15) is 0 Å². The van der Waals surface area contributed by atoms with Crippen molar-refractivity contribution in [3.63, 3.8) is 0 Å². The highest BCUT2D eigenvalue weighted by molar-refractivity contribution is 8.18. The first-order valence-corrected chi connectivity index (χ1v) is 12.3. The van der Waals surface area contributed by atoms with Gasteiger partial charge in [-0.05, 0) is 111 Å². The van der Waals surface area contributed by atoms with Gasteiger partial charge in [0.2, 0.25) is 0 Å². The van der Waals surface area contributed by atoms with Crippen LogP contribution < -0.4 is 10.2 Å². The summed E-state index contributed by atoms with van der Waals surface area (Å²) in [4.78, 5) is 20.5. The van der Waals surface area contributed by atoms with Crippen molar-refractivity contribution in [2.45, 2.75) is 65.8 Å². The molecule has 4 nitrogen and oxygen atoms in total. The fourth-order valence-corrected chi connectivity index (χ4v) is 5.78. The fraction of sp³-hybridized carbons (Fsp3) is 0.407. The maximum Gasteiger partial charge on any atom is 0.264 e. The minimum atomic E-state index is -0.0829. The molecule has 5 heteroatoms. The van der Waals surface area contributed by atoms with E-state index in [0.29, 0.717) is 16.0 Å². The number of fused-ring (bicyclic) bond motifs is 1. The molecule has 1 amide bonds. The first-order chi connectivity index (χ1) is 15.2. The van der Waals surface area contributed by atoms with Crippen molar-refractivity contribution in [1.29, 1.82) is 0 Å². The lowest BCUT2D eigenvalue weighted by Crippen LogP contribution is -2.48. The molecule has 4 rings (SSSR count). The molecule has 0 aromatic heterocycles. The van der Waals surface area contributed by atoms with Crippen LogP contribution in [0.4, 0.5) is 11.4 Å². The van der Waals surface area contributed by atoms with E-state index in [4.69, 9.17) is 0 Å². The molecule has 1 unspecified atom stereocenters. The average Bonchev–Trinajstić information content (AvgIpc) is 3.08. The third-order valence-corrected chi connectivity index (χ3v) is 7.51. The maximum absolute atomic E-state index is 12.6. The number of hydrogen-bond donors (Lipinski definition) is 1. The Morgan fingerprint density at radius 2 is 1.94 bits per heavy atom. The Balaban J connectivity index is 1.63. The summed E-state index contributed by atoms with van der Waals surface area (Å²) in [5, 5.41) is 3.55. The zero-order chi connectivity index (χ0) is 23.0. The summed E-state index contributed by atoms with van der Waals surface area (Å²) in [5.74, 6) is 0.397. The van der Waals surface area contributed by atoms with Crippen LogP contribution in [0.1, 0.15) is 69.2 Å². The Labute approximate surface area is 196 Å². The van der Waals surface area contributed by atoms with Gasteiger partial charge in [0.05, 0.1) is 10.6 Å². The molecule has 1 N–H and O–H groups in total. The number of benzene rings is 2. The van der Waals surface area contributed by atoms with Gasteiger partial charge in [-0.1, -0.05) is 26.0 Å². The predicted molar refractivity (Wildman–Crippen MR) is 138 cm³/mol. The zero-order valence-corrected chi connectivity index (χ0v) is 20.8. The Hall–Kier alpha value is -2.53. The molecular formula is C27H33N3OS. The van der Waals surface area contributed by atoms with Gasteiger partial charge in [0.15, 0.2) is 5.17 Å². The molecule has 2 aromatic rings. The van der Waals surface area contributed by atoms with Gasteiger partial charge in [0.1, 0.15) is 0 Å². The topological polar surface area (TPSA) is 44.7 Å². The average molecular weight is 448 g/mol. The van der Waals surface area contributed by atoms with E-state index in [2.05, 4.69) is 81.0 Å². The van der Waals surface area contributed by atoms with Gasteiger partial charge >= 0.3 is 0 Å². The lowest BCUT2D eigenvalue weighted by Gasteiger charge is -2.47. The van der Waals surface area contributed by atoms with Crippen molar-refractivity contribution < 1.29 is 4.79 Å². The second-order valence-electron chi connectivity index (χ2n) is 9.43. The number of amides is 1. The molecule has 2 aliphatic rings. The number of carbonyl (C=O) groups excluding carboxylic acids is 1. The summed E-state index contributed by atoms with van der Waals surface area (Å²) in [6.45, 7) is 14.5. The number of hydrogen-bond acceptors (Lipinski definition) is 4. The summed E-state index contributed by atoms with van der Waals surface area (Å²) in [6, 6.07) is 12.7. The number of nitrogens with zero attached hydrogens (tertiary/aromatic N) is 2. The van der Waals surface area contributed by atoms with E-state index < -0.39 is 0 Å². The van der Waals surface area contributed by atoms with E-state index in [0.717, 1.165) is 30.6 Å². The summed E-state index contributed by atoms with van der Waals surface area (Å²) in [5.41, 5.74) is 7.28. The van der Waals surface area contributed by atoms with Crippen LogP contribution in [0.3, 0.4) is 0 Å². The zero-order valence-electron chi connectivity index (χ0n) is 20.0. The van der Waals surface area contributed by atoms with Gasteiger partial charge in [-0.3, -0.25) is 4.79 Å². The minimum Gasteiger partial charge on any atom is -0.366 e. The van der Waals surface area contributed by atoms with Gasteiger partial charge < -0.3 is 10.2 Å². The van der Waals surface area contributed by atoms with Gasteiger partial charge in [-0.15, -0.1) is 0 Å². The minimum absolute atomic E-state index is 0.0829. The molecule has 2 aromatic carbocycles. The van der Waals surface area contributed by atoms with Gasteiger partial charge in [0.25, 0.3) is 5.91 Å². The summed E-state index contributed by atoms with van der Waals surface area (Å²) < 4.78 is 0. The third kappa shape index (κ3) is 4.36. The molecule has 0 aliphatic carbocycles. The van der Waals surface area contributed by atoms with Crippen molar-refractivity contribution >= 4 is 40.3 Å². The SMILES string of the molecule is CCc1ccc(N=C2NC(=O)/C(=C/c3cc4c(cc3C)N(CC)C(C)(C)CC4C)S2)cc1. The number of aliphatic imine (C=N–C) groups is 1. The first kappa shape index (κ1) is 22.7. The van der Waals surface area contributed by atoms with Crippen molar-refractivity contribution in [3.05, 3.63) is 63.6 Å². The molecule has 1 saturated heterocycles. The van der Waals surface area contributed by atoms with Crippen molar-refractivity contribution in [2.75, 3.05) is 11.4 Å². The largest absolute Gasteiger partial charge is 0.366 e. The number of aryl methyl sites for hydroxylation is 2. The van der Waals surface area contributed by atoms with Gasteiger partial charge in [0, 0.05) is 17.8 Å². The van der Waals surface area contributed by atoms with Crippen LogP contribution in [-0.2, 0) is 11.2 Å². The molecule has 2 aliphatic heterocycles. The number of carbonyl (C=O) groups is 1. The molecule has 0 spiro atoms. The predicted octanol–water partition coefficient (Wildman–Crippen LogP) is 6.56. The lowest BCUT2D eigenvalue weighted by molar-refractivity contribution is -0.115. The fourth-order valence-electron chi connectivity index (χ4n) is 4.95. The molecule has 32 heavy (non-hydrogen) atoms. The molecule has 2 heterocycles. The number of thioether (sulfide) groups is 1. The normalized spacial score (nSPS) is 22.4. The molecule has 168 valence electrons. The molecule has 1 atom stereocenters. The Kier molecular flexibility index (Phi) is 6.22. The second kappa shape index (κ2) is 8.78. The van der Waals surface area contributed by atoms with Gasteiger partial charge in [-0.25, -0.2) is 4.99 Å². The summed E-state index contributed by atoms with van der Waals surface area (Å²) in [7, 11) is 0. The van der Waals surface area contributed by atoms with Crippen LogP contribution in [0, 0.1) is 6.92 Å². The van der Waals surface area contributed by atoms with E-state index in [1.807, 2.05) is 18.2 Å². The van der Waals surface area contributed by atoms with E-state index in [1.165, 1.54) is 34.1 Å². The van der Waals surface area contributed by atoms with Crippen LogP contribution >= 0.6 is 11.8 Å². The van der Waals surface area contributed by atoms with Crippen LogP contribution in [0.25, 0.3) is 6.08 Å². The van der Waals surface area contributed by atoms with E-state index in [9.17, 15) is 4.79 Å². The van der Waals surface area contributed by atoms with Crippen molar-refractivity contribution in [2.24, 2.45) is 4.99 Å². The molecule has 0 saturated carbocycles. The number of amidine groups is 1. The van der Waals surface area contributed by atoms with Crippen LogP contribution in [0.15, 0.2) is 46.3 Å². The first-order valence-electron chi connectivity index (χ1n) is 11.5. The standard InChI is InChI=1S/C27H33N3OS/c1-7-19-9-11-21(12-10-19)28-26-29-25(31)24(32-26)15-20-14-22-18(4)16-27(5,6)30(8-2)23(22)13-17(20)3/h9-15,18H,7-8,16H2,1-6H3,(H,28,29,31)/b24-15-. The summed E-state index contributed by atoms with van der Waals surface area (Å²) in [6.07, 6.45) is 4.14. The van der Waals surface area contributed by atoms with E-state index >= 15 is 0 Å². The highest BCUT2D eigenvalue weighted by atomic mass is 32.2. The number of nitrogens with one attached hydrogen (secondary N) is 1. The third-order valence-electron chi connectivity index (χ3n) is 6.60. The maximum atomic E-state index is 12.6. The van der Waals surface area contributed by atoms with E-state index in [1.54, 1.807) is 0 Å². The molecule has 0 radical (unpaired) electrons. The Morgan fingerprint density at radius 3 is 2.59 bits per heavy atom. The number of anilines is 1. The highest BCUT2D eigenvalue weighted by Crippen LogP contribution is 2.44. The molecular weight excluding hydrogens is 414 g/mol. The van der Waals surface area contributed by atoms with Crippen LogP contribution in [0.2, 0.25) is 0 Å². The van der Waals surface area contributed by atoms with Crippen molar-refractivity contribution in [1.82, 2.24) is 5.32 Å². The van der Waals surface area contributed by atoms with Crippen LogP contribution in [-0.4, -0.2) is 23.2 Å².